The summed E-state index contributed by atoms with van der Waals surface area (Å²) in [6.07, 6.45) is -1.68. The van der Waals surface area contributed by atoms with E-state index < -0.39 is 17.6 Å². The highest BCUT2D eigenvalue weighted by Gasteiger charge is 2.30. The van der Waals surface area contributed by atoms with Gasteiger partial charge in [0.25, 0.3) is 5.91 Å². The third-order valence-corrected chi connectivity index (χ3v) is 4.31. The standard InChI is InChI=1S/C21H23F3N2O2/c22-21(23,24)17-9-6-8-16(13-17)20(28)26-12-5-1-2-10-18(27)14-15-7-3-4-11-19(15)25/h3-4,6-9,11,13H,1-2,5,10,12,14,25H2,(H,26,28). The molecule has 0 aliphatic carbocycles. The summed E-state index contributed by atoms with van der Waals surface area (Å²) in [5, 5.41) is 2.61. The predicted molar refractivity (Wildman–Crippen MR) is 102 cm³/mol. The first-order chi connectivity index (χ1) is 13.3. The van der Waals surface area contributed by atoms with Crippen molar-refractivity contribution in [2.75, 3.05) is 12.3 Å². The van der Waals surface area contributed by atoms with Crippen LogP contribution in [0, 0.1) is 0 Å². The number of benzene rings is 2. The van der Waals surface area contributed by atoms with Gasteiger partial charge in [0.05, 0.1) is 5.56 Å². The Bertz CT molecular complexity index is 819. The number of para-hydroxylation sites is 1. The molecule has 4 nitrogen and oxygen atoms in total. The second-order valence-electron chi connectivity index (χ2n) is 6.56. The number of alkyl halides is 3. The van der Waals surface area contributed by atoms with Crippen LogP contribution in [0.4, 0.5) is 18.9 Å². The number of Topliss-reactive ketones (excluding diaryl/α,β-unsaturated/α-hetero) is 1. The van der Waals surface area contributed by atoms with E-state index in [2.05, 4.69) is 5.32 Å². The summed E-state index contributed by atoms with van der Waals surface area (Å²) in [6.45, 7) is 0.342. The fraction of sp³-hybridized carbons (Fsp3) is 0.333. The number of hydrogen-bond acceptors (Lipinski definition) is 3. The normalized spacial score (nSPS) is 11.2. The zero-order valence-electron chi connectivity index (χ0n) is 15.4. The molecule has 2 aromatic rings. The Kier molecular flexibility index (Phi) is 7.61. The summed E-state index contributed by atoms with van der Waals surface area (Å²) in [5.74, 6) is -0.437. The highest BCUT2D eigenvalue weighted by atomic mass is 19.4. The summed E-state index contributed by atoms with van der Waals surface area (Å²) in [5.41, 5.74) is 6.37. The summed E-state index contributed by atoms with van der Waals surface area (Å²) in [7, 11) is 0. The smallest absolute Gasteiger partial charge is 0.398 e. The quantitative estimate of drug-likeness (QED) is 0.491. The van der Waals surface area contributed by atoms with E-state index in [0.717, 1.165) is 24.1 Å². The van der Waals surface area contributed by atoms with Crippen molar-refractivity contribution in [3.05, 3.63) is 65.2 Å². The third-order valence-electron chi connectivity index (χ3n) is 4.31. The lowest BCUT2D eigenvalue weighted by molar-refractivity contribution is -0.137. The second kappa shape index (κ2) is 9.92. The van der Waals surface area contributed by atoms with Crippen molar-refractivity contribution in [2.24, 2.45) is 0 Å². The minimum Gasteiger partial charge on any atom is -0.398 e. The molecule has 0 saturated carbocycles. The van der Waals surface area contributed by atoms with Gasteiger partial charge in [-0.2, -0.15) is 13.2 Å². The van der Waals surface area contributed by atoms with Crippen LogP contribution in [0.2, 0.25) is 0 Å². The lowest BCUT2D eigenvalue weighted by Gasteiger charge is -2.09. The average molecular weight is 392 g/mol. The minimum atomic E-state index is -4.48. The molecule has 3 N–H and O–H groups in total. The number of nitrogens with two attached hydrogens (primary N) is 1. The number of carbonyl (C=O) groups excluding carboxylic acids is 2. The molecule has 0 fully saturated rings. The molecule has 0 aliphatic heterocycles. The topological polar surface area (TPSA) is 72.2 Å². The Morgan fingerprint density at radius 3 is 2.43 bits per heavy atom. The fourth-order valence-corrected chi connectivity index (χ4v) is 2.76. The number of nitrogen functional groups attached to an aromatic ring is 1. The van der Waals surface area contributed by atoms with Crippen LogP contribution in [0.1, 0.15) is 47.2 Å². The van der Waals surface area contributed by atoms with Crippen molar-refractivity contribution in [3.63, 3.8) is 0 Å². The Morgan fingerprint density at radius 1 is 0.964 bits per heavy atom. The monoisotopic (exact) mass is 392 g/mol. The van der Waals surface area contributed by atoms with E-state index in [4.69, 9.17) is 5.73 Å². The molecule has 0 unspecified atom stereocenters. The SMILES string of the molecule is Nc1ccccc1CC(=O)CCCCCNC(=O)c1cccc(C(F)(F)F)c1. The van der Waals surface area contributed by atoms with Gasteiger partial charge in [0, 0.05) is 30.6 Å². The highest BCUT2D eigenvalue weighted by Crippen LogP contribution is 2.29. The lowest BCUT2D eigenvalue weighted by atomic mass is 10.0. The van der Waals surface area contributed by atoms with Gasteiger partial charge >= 0.3 is 6.18 Å². The van der Waals surface area contributed by atoms with E-state index in [-0.39, 0.29) is 11.3 Å². The van der Waals surface area contributed by atoms with E-state index in [1.807, 2.05) is 18.2 Å². The Balaban J connectivity index is 1.66. The van der Waals surface area contributed by atoms with Crippen LogP contribution in [-0.4, -0.2) is 18.2 Å². The molecule has 0 radical (unpaired) electrons. The second-order valence-corrected chi connectivity index (χ2v) is 6.56. The number of hydrogen-bond donors (Lipinski definition) is 2. The van der Waals surface area contributed by atoms with E-state index in [9.17, 15) is 22.8 Å². The molecule has 0 aliphatic rings. The van der Waals surface area contributed by atoms with Crippen LogP contribution >= 0.6 is 0 Å². The van der Waals surface area contributed by atoms with Gasteiger partial charge in [-0.15, -0.1) is 0 Å². The van der Waals surface area contributed by atoms with E-state index in [0.29, 0.717) is 37.9 Å². The van der Waals surface area contributed by atoms with Crippen LogP contribution in [-0.2, 0) is 17.4 Å². The van der Waals surface area contributed by atoms with Crippen molar-refractivity contribution in [1.29, 1.82) is 0 Å². The van der Waals surface area contributed by atoms with Crippen LogP contribution in [0.25, 0.3) is 0 Å². The average Bonchev–Trinajstić information content (AvgIpc) is 2.65. The van der Waals surface area contributed by atoms with Gasteiger partial charge in [-0.05, 0) is 42.7 Å². The molecule has 0 atom stereocenters. The lowest BCUT2D eigenvalue weighted by Crippen LogP contribution is -2.24. The number of nitrogens with one attached hydrogen (secondary N) is 1. The molecule has 0 bridgehead atoms. The van der Waals surface area contributed by atoms with Crippen LogP contribution in [0.3, 0.4) is 0 Å². The summed E-state index contributed by atoms with van der Waals surface area (Å²) >= 11 is 0. The molecule has 0 saturated heterocycles. The largest absolute Gasteiger partial charge is 0.416 e. The van der Waals surface area contributed by atoms with Crippen molar-refractivity contribution < 1.29 is 22.8 Å². The van der Waals surface area contributed by atoms with Gasteiger partial charge in [0.1, 0.15) is 5.78 Å². The maximum atomic E-state index is 12.7. The molecular formula is C21H23F3N2O2. The molecule has 28 heavy (non-hydrogen) atoms. The summed E-state index contributed by atoms with van der Waals surface area (Å²) < 4.78 is 38.0. The predicted octanol–water partition coefficient (Wildman–Crippen LogP) is 4.39. The number of anilines is 1. The summed E-state index contributed by atoms with van der Waals surface area (Å²) in [6, 6.07) is 11.6. The van der Waals surface area contributed by atoms with Crippen LogP contribution in [0.5, 0.6) is 0 Å². The molecule has 0 spiro atoms. The van der Waals surface area contributed by atoms with Crippen molar-refractivity contribution in [1.82, 2.24) is 5.32 Å². The van der Waals surface area contributed by atoms with Gasteiger partial charge < -0.3 is 11.1 Å². The zero-order chi connectivity index (χ0) is 20.6. The van der Waals surface area contributed by atoms with Crippen molar-refractivity contribution >= 4 is 17.4 Å². The maximum absolute atomic E-state index is 12.7. The van der Waals surface area contributed by atoms with Crippen LogP contribution < -0.4 is 11.1 Å². The molecule has 2 rings (SSSR count). The molecule has 7 heteroatoms. The number of carbonyl (C=O) groups is 2. The molecule has 2 aromatic carbocycles. The highest BCUT2D eigenvalue weighted by molar-refractivity contribution is 5.94. The number of unbranched alkanes of at least 4 members (excludes halogenated alkanes) is 2. The first kappa shape index (κ1) is 21.5. The van der Waals surface area contributed by atoms with Gasteiger partial charge in [-0.25, -0.2) is 0 Å². The number of rotatable bonds is 9. The minimum absolute atomic E-state index is 0.0227. The zero-order valence-corrected chi connectivity index (χ0v) is 15.4. The number of ketones is 1. The number of amides is 1. The molecule has 0 aromatic heterocycles. The third kappa shape index (κ3) is 6.72. The molecular weight excluding hydrogens is 369 g/mol. The van der Waals surface area contributed by atoms with Gasteiger partial charge in [0.15, 0.2) is 0 Å². The Hall–Kier alpha value is -2.83. The fourth-order valence-electron chi connectivity index (χ4n) is 2.76. The van der Waals surface area contributed by atoms with E-state index in [1.54, 1.807) is 6.07 Å². The van der Waals surface area contributed by atoms with Crippen molar-refractivity contribution in [3.8, 4) is 0 Å². The Morgan fingerprint density at radius 2 is 1.71 bits per heavy atom. The number of halogens is 3. The molecule has 150 valence electrons. The van der Waals surface area contributed by atoms with Crippen LogP contribution in [0.15, 0.2) is 48.5 Å². The van der Waals surface area contributed by atoms with Gasteiger partial charge in [-0.3, -0.25) is 9.59 Å². The van der Waals surface area contributed by atoms with Gasteiger partial charge in [-0.1, -0.05) is 30.7 Å². The first-order valence-corrected chi connectivity index (χ1v) is 9.08. The van der Waals surface area contributed by atoms with Gasteiger partial charge in [0.2, 0.25) is 0 Å². The first-order valence-electron chi connectivity index (χ1n) is 9.08. The van der Waals surface area contributed by atoms with E-state index >= 15 is 0 Å². The van der Waals surface area contributed by atoms with E-state index in [1.165, 1.54) is 12.1 Å². The molecule has 0 heterocycles. The maximum Gasteiger partial charge on any atom is 0.416 e. The Labute approximate surface area is 161 Å². The summed E-state index contributed by atoms with van der Waals surface area (Å²) in [4.78, 5) is 23.9. The van der Waals surface area contributed by atoms with Crippen molar-refractivity contribution in [2.45, 2.75) is 38.3 Å². The molecule has 1 amide bonds.